The molecule has 140 valence electrons. The number of aliphatic carboxylic acids is 3. The van der Waals surface area contributed by atoms with Crippen LogP contribution >= 0.6 is 0 Å². The van der Waals surface area contributed by atoms with Gasteiger partial charge < -0.3 is 35.4 Å². The van der Waals surface area contributed by atoms with Gasteiger partial charge >= 0.3 is 23.9 Å². The zero-order valence-corrected chi connectivity index (χ0v) is 12.9. The summed E-state index contributed by atoms with van der Waals surface area (Å²) in [5, 5.41) is 54.9. The lowest BCUT2D eigenvalue weighted by Gasteiger charge is -2.27. The lowest BCUT2D eigenvalue weighted by atomic mass is 9.92. The van der Waals surface area contributed by atoms with Crippen molar-refractivity contribution in [3.05, 3.63) is 29.8 Å². The van der Waals surface area contributed by atoms with Crippen LogP contribution in [-0.4, -0.2) is 66.2 Å². The van der Waals surface area contributed by atoms with Gasteiger partial charge in [-0.25, -0.2) is 14.4 Å². The van der Waals surface area contributed by atoms with Crippen LogP contribution < -0.4 is 0 Å². The Morgan fingerprint density at radius 3 is 2.15 bits per heavy atom. The number of rotatable bonds is 8. The highest BCUT2D eigenvalue weighted by molar-refractivity contribution is 5.94. The third-order valence-corrected chi connectivity index (χ3v) is 3.09. The van der Waals surface area contributed by atoms with Gasteiger partial charge in [-0.2, -0.15) is 0 Å². The van der Waals surface area contributed by atoms with Gasteiger partial charge in [-0.15, -0.1) is 0 Å². The Balaban J connectivity index is 3.01. The molecule has 0 fully saturated rings. The summed E-state index contributed by atoms with van der Waals surface area (Å²) in [6, 6.07) is 3.45. The minimum absolute atomic E-state index is 0.197. The van der Waals surface area contributed by atoms with Gasteiger partial charge in [0.05, 0.1) is 6.42 Å². The van der Waals surface area contributed by atoms with E-state index in [9.17, 15) is 29.4 Å². The molecule has 26 heavy (non-hydrogen) atoms. The second-order valence-electron chi connectivity index (χ2n) is 5.04. The molecule has 0 radical (unpaired) electrons. The summed E-state index contributed by atoms with van der Waals surface area (Å²) >= 11 is 0. The maximum absolute atomic E-state index is 11.7. The standard InChI is InChI=1S/C15H14O11/c16-8-3-1-7(5-9(8)17)2-4-11(20)26-12(13(21)22)15(25,14(23)24)6-10(18)19/h1-5,12,16-17,25H,6H2,(H,18,19)(H,21,22)(H,23,24)/b4-2+/t12-,15-/m0/s1. The maximum atomic E-state index is 11.7. The second kappa shape index (κ2) is 7.98. The molecule has 11 nitrogen and oxygen atoms in total. The lowest BCUT2D eigenvalue weighted by molar-refractivity contribution is -0.195. The van der Waals surface area contributed by atoms with Crippen LogP contribution in [0.25, 0.3) is 6.08 Å². The molecule has 0 unspecified atom stereocenters. The Bertz CT molecular complexity index is 767. The minimum atomic E-state index is -3.39. The summed E-state index contributed by atoms with van der Waals surface area (Å²) in [4.78, 5) is 44.6. The molecule has 0 aliphatic carbocycles. The molecule has 11 heteroatoms. The summed E-state index contributed by atoms with van der Waals surface area (Å²) in [7, 11) is 0. The number of phenolic OH excluding ortho intramolecular Hbond substituents is 2. The molecule has 0 aliphatic heterocycles. The fourth-order valence-electron chi connectivity index (χ4n) is 1.83. The second-order valence-corrected chi connectivity index (χ2v) is 5.04. The number of aliphatic hydroxyl groups is 1. The average molecular weight is 370 g/mol. The normalized spacial score (nSPS) is 14.3. The predicted octanol–water partition coefficient (Wildman–Crippen LogP) is -0.602. The minimum Gasteiger partial charge on any atom is -0.504 e. The van der Waals surface area contributed by atoms with Gasteiger partial charge in [-0.3, -0.25) is 4.79 Å². The Hall–Kier alpha value is -3.60. The summed E-state index contributed by atoms with van der Waals surface area (Å²) in [6.07, 6.45) is -2.52. The van der Waals surface area contributed by atoms with E-state index in [4.69, 9.17) is 20.4 Å². The zero-order valence-electron chi connectivity index (χ0n) is 12.9. The van der Waals surface area contributed by atoms with Crippen molar-refractivity contribution in [1.82, 2.24) is 0 Å². The van der Waals surface area contributed by atoms with Gasteiger partial charge in [0.25, 0.3) is 0 Å². The van der Waals surface area contributed by atoms with Gasteiger partial charge in [0.2, 0.25) is 11.7 Å². The quantitative estimate of drug-likeness (QED) is 0.194. The first kappa shape index (κ1) is 20.4. The van der Waals surface area contributed by atoms with Crippen LogP contribution in [0.5, 0.6) is 11.5 Å². The van der Waals surface area contributed by atoms with Crippen LogP contribution in [0.4, 0.5) is 0 Å². The van der Waals surface area contributed by atoms with E-state index in [1.54, 1.807) is 0 Å². The number of carbonyl (C=O) groups excluding carboxylic acids is 1. The first-order chi connectivity index (χ1) is 12.0. The van der Waals surface area contributed by atoms with E-state index >= 15 is 0 Å². The van der Waals surface area contributed by atoms with Gasteiger partial charge in [-0.1, -0.05) is 6.07 Å². The molecular weight excluding hydrogens is 356 g/mol. The molecule has 1 aromatic carbocycles. The third-order valence-electron chi connectivity index (χ3n) is 3.09. The van der Waals surface area contributed by atoms with E-state index in [1.165, 1.54) is 6.07 Å². The molecule has 1 aromatic rings. The molecule has 1 rings (SSSR count). The summed E-state index contributed by atoms with van der Waals surface area (Å²) in [5.41, 5.74) is -3.19. The molecule has 0 saturated carbocycles. The number of phenols is 2. The average Bonchev–Trinajstić information content (AvgIpc) is 2.52. The molecule has 2 atom stereocenters. The number of hydrogen-bond donors (Lipinski definition) is 6. The van der Waals surface area contributed by atoms with Crippen LogP contribution in [0.1, 0.15) is 12.0 Å². The van der Waals surface area contributed by atoms with Crippen molar-refractivity contribution in [1.29, 1.82) is 0 Å². The third kappa shape index (κ3) is 4.95. The highest BCUT2D eigenvalue weighted by atomic mass is 16.6. The van der Waals surface area contributed by atoms with Gasteiger partial charge in [0.1, 0.15) is 0 Å². The zero-order chi connectivity index (χ0) is 20.1. The number of aromatic hydroxyl groups is 2. The first-order valence-corrected chi connectivity index (χ1v) is 6.78. The Morgan fingerprint density at radius 1 is 1.08 bits per heavy atom. The van der Waals surface area contributed by atoms with E-state index in [2.05, 4.69) is 4.74 Å². The Kier molecular flexibility index (Phi) is 6.28. The van der Waals surface area contributed by atoms with Crippen LogP contribution in [0.15, 0.2) is 24.3 Å². The van der Waals surface area contributed by atoms with Gasteiger partial charge in [0, 0.05) is 6.08 Å². The van der Waals surface area contributed by atoms with E-state index < -0.39 is 53.5 Å². The van der Waals surface area contributed by atoms with E-state index in [0.29, 0.717) is 6.08 Å². The molecule has 0 saturated heterocycles. The summed E-state index contributed by atoms with van der Waals surface area (Å²) < 4.78 is 4.38. The predicted molar refractivity (Wildman–Crippen MR) is 81.2 cm³/mol. The largest absolute Gasteiger partial charge is 0.504 e. The molecular formula is C15H14O11. The number of hydrogen-bond acceptors (Lipinski definition) is 8. The SMILES string of the molecule is O=C(O)C[C@@](O)(C(=O)O)[C@@H](OC(=O)/C=C/c1ccc(O)c(O)c1)C(=O)O. The number of carboxylic acids is 3. The van der Waals surface area contributed by atoms with Crippen molar-refractivity contribution in [2.24, 2.45) is 0 Å². The highest BCUT2D eigenvalue weighted by Crippen LogP contribution is 2.25. The van der Waals surface area contributed by atoms with Crippen molar-refractivity contribution < 1.29 is 54.6 Å². The lowest BCUT2D eigenvalue weighted by Crippen LogP contribution is -2.56. The number of ether oxygens (including phenoxy) is 1. The number of esters is 1. The molecule has 0 aliphatic rings. The van der Waals surface area contributed by atoms with Crippen LogP contribution in [0.3, 0.4) is 0 Å². The molecule has 6 N–H and O–H groups in total. The number of carbonyl (C=O) groups is 4. The highest BCUT2D eigenvalue weighted by Gasteiger charge is 2.52. The fraction of sp³-hybridized carbons (Fsp3) is 0.200. The Labute approximate surface area is 145 Å². The molecule has 0 aromatic heterocycles. The summed E-state index contributed by atoms with van der Waals surface area (Å²) in [6.45, 7) is 0. The summed E-state index contributed by atoms with van der Waals surface area (Å²) in [5.74, 6) is -8.41. The van der Waals surface area contributed by atoms with Crippen LogP contribution in [-0.2, 0) is 23.9 Å². The van der Waals surface area contributed by atoms with Crippen molar-refractivity contribution in [2.45, 2.75) is 18.1 Å². The van der Waals surface area contributed by atoms with E-state index in [1.807, 2.05) is 0 Å². The van der Waals surface area contributed by atoms with Crippen LogP contribution in [0.2, 0.25) is 0 Å². The fourth-order valence-corrected chi connectivity index (χ4v) is 1.83. The smallest absolute Gasteiger partial charge is 0.348 e. The molecule has 0 spiro atoms. The van der Waals surface area contributed by atoms with E-state index in [0.717, 1.165) is 18.2 Å². The Morgan fingerprint density at radius 2 is 1.69 bits per heavy atom. The van der Waals surface area contributed by atoms with E-state index in [-0.39, 0.29) is 5.56 Å². The van der Waals surface area contributed by atoms with Gasteiger partial charge in [0.15, 0.2) is 11.5 Å². The topological polar surface area (TPSA) is 199 Å². The van der Waals surface area contributed by atoms with Gasteiger partial charge in [-0.05, 0) is 23.8 Å². The molecule has 0 bridgehead atoms. The van der Waals surface area contributed by atoms with Crippen LogP contribution in [0, 0.1) is 0 Å². The molecule has 0 heterocycles. The monoisotopic (exact) mass is 370 g/mol. The van der Waals surface area contributed by atoms with Crippen molar-refractivity contribution in [3.63, 3.8) is 0 Å². The maximum Gasteiger partial charge on any atom is 0.348 e. The number of carboxylic acid groups (broad SMARTS) is 3. The first-order valence-electron chi connectivity index (χ1n) is 6.78. The number of benzene rings is 1. The van der Waals surface area contributed by atoms with Crippen molar-refractivity contribution >= 4 is 30.0 Å². The van der Waals surface area contributed by atoms with Crippen molar-refractivity contribution in [3.8, 4) is 11.5 Å². The molecule has 0 amide bonds. The van der Waals surface area contributed by atoms with Crippen molar-refractivity contribution in [2.75, 3.05) is 0 Å².